The van der Waals surface area contributed by atoms with Crippen molar-refractivity contribution in [2.75, 3.05) is 7.11 Å². The number of esters is 1. The molecule has 3 heteroatoms. The molecule has 0 N–H and O–H groups in total. The third-order valence-corrected chi connectivity index (χ3v) is 1.49. The average Bonchev–Trinajstić information content (AvgIpc) is 2.01. The second-order valence-electron chi connectivity index (χ2n) is 3.93. The lowest BCUT2D eigenvalue weighted by molar-refractivity contribution is -0.143. The highest BCUT2D eigenvalue weighted by Crippen LogP contribution is 2.13. The van der Waals surface area contributed by atoms with E-state index >= 15 is 0 Å². The first-order chi connectivity index (χ1) is 6.47. The van der Waals surface area contributed by atoms with E-state index in [-0.39, 0.29) is 12.1 Å². The minimum absolute atomic E-state index is 0.0880. The Balaban J connectivity index is 4.34. The Hall–Kier alpha value is -0.990. The van der Waals surface area contributed by atoms with E-state index in [0.29, 0.717) is 17.9 Å². The molecule has 0 saturated carbocycles. The summed E-state index contributed by atoms with van der Waals surface area (Å²) in [4.78, 5) is 11.5. The van der Waals surface area contributed by atoms with Gasteiger partial charge in [0.2, 0.25) is 0 Å². The molecule has 0 amide bonds. The molecule has 0 radical (unpaired) electrons. The van der Waals surface area contributed by atoms with Crippen molar-refractivity contribution in [3.63, 3.8) is 0 Å². The van der Waals surface area contributed by atoms with Crippen LogP contribution in [0.15, 0.2) is 11.8 Å². The van der Waals surface area contributed by atoms with Crippen molar-refractivity contribution in [3.05, 3.63) is 11.8 Å². The van der Waals surface area contributed by atoms with Gasteiger partial charge in [-0.2, -0.15) is 0 Å². The van der Waals surface area contributed by atoms with Crippen molar-refractivity contribution in [1.82, 2.24) is 0 Å². The van der Waals surface area contributed by atoms with Crippen molar-refractivity contribution >= 4 is 5.97 Å². The van der Waals surface area contributed by atoms with Crippen LogP contribution in [0, 0.1) is 5.92 Å². The lowest BCUT2D eigenvalue weighted by atomic mass is 10.0. The van der Waals surface area contributed by atoms with Gasteiger partial charge in [-0.05, 0) is 26.2 Å². The van der Waals surface area contributed by atoms with Crippen LogP contribution < -0.4 is 0 Å². The third kappa shape index (κ3) is 5.62. The van der Waals surface area contributed by atoms with Crippen LogP contribution in [0.25, 0.3) is 0 Å². The Bertz CT molecular complexity index is 205. The maximum Gasteiger partial charge on any atom is 0.337 e. The number of ether oxygens (including phenoxy) is 2. The number of hydrogen-bond donors (Lipinski definition) is 0. The molecule has 0 aliphatic heterocycles. The molecule has 0 bridgehead atoms. The molecule has 82 valence electrons. The normalized spacial score (nSPS) is 12.1. The highest BCUT2D eigenvalue weighted by Gasteiger charge is 2.14. The lowest BCUT2D eigenvalue weighted by Crippen LogP contribution is -2.15. The van der Waals surface area contributed by atoms with Gasteiger partial charge in [-0.3, -0.25) is 0 Å². The van der Waals surface area contributed by atoms with Crippen LogP contribution >= 0.6 is 0 Å². The number of methoxy groups -OCH3 is 1. The maximum absolute atomic E-state index is 11.5. The Morgan fingerprint density at radius 1 is 1.29 bits per heavy atom. The molecule has 14 heavy (non-hydrogen) atoms. The van der Waals surface area contributed by atoms with E-state index in [9.17, 15) is 4.79 Å². The number of hydrogen-bond acceptors (Lipinski definition) is 3. The van der Waals surface area contributed by atoms with Crippen LogP contribution in [0.5, 0.6) is 0 Å². The fourth-order valence-electron chi connectivity index (χ4n) is 1.05. The molecule has 3 nitrogen and oxygen atoms in total. The molecule has 0 heterocycles. The predicted octanol–water partition coefficient (Wildman–Crippen LogP) is 2.51. The summed E-state index contributed by atoms with van der Waals surface area (Å²) >= 11 is 0. The van der Waals surface area contributed by atoms with Gasteiger partial charge in [-0.1, -0.05) is 13.8 Å². The largest absolute Gasteiger partial charge is 0.504 e. The predicted molar refractivity (Wildman–Crippen MR) is 55.8 cm³/mol. The number of carbonyl (C=O) groups excluding carboxylic acids is 1. The molecule has 0 atom stereocenters. The van der Waals surface area contributed by atoms with Gasteiger partial charge in [0.1, 0.15) is 0 Å². The molecule has 0 fully saturated rings. The van der Waals surface area contributed by atoms with Crippen molar-refractivity contribution in [2.45, 2.75) is 40.2 Å². The average molecular weight is 200 g/mol. The zero-order valence-electron chi connectivity index (χ0n) is 9.66. The summed E-state index contributed by atoms with van der Waals surface area (Å²) in [5, 5.41) is 0. The van der Waals surface area contributed by atoms with Gasteiger partial charge < -0.3 is 9.47 Å². The summed E-state index contributed by atoms with van der Waals surface area (Å²) in [5.41, 5.74) is 0.594. The molecule has 0 unspecified atom stereocenters. The molecule has 0 rings (SSSR count). The van der Waals surface area contributed by atoms with Gasteiger partial charge in [-0.15, -0.1) is 0 Å². The Labute approximate surface area is 86.1 Å². The second-order valence-corrected chi connectivity index (χ2v) is 3.93. The maximum atomic E-state index is 11.5. The highest BCUT2D eigenvalue weighted by atomic mass is 16.5. The molecule has 0 aromatic carbocycles. The Kier molecular flexibility index (Phi) is 6.00. The van der Waals surface area contributed by atoms with Crippen molar-refractivity contribution in [3.8, 4) is 0 Å². The summed E-state index contributed by atoms with van der Waals surface area (Å²) in [5.74, 6) is 0.131. The minimum Gasteiger partial charge on any atom is -0.504 e. The smallest absolute Gasteiger partial charge is 0.337 e. The van der Waals surface area contributed by atoms with Crippen LogP contribution in [0.1, 0.15) is 34.1 Å². The van der Waals surface area contributed by atoms with Gasteiger partial charge in [0.05, 0.1) is 25.0 Å². The molecular formula is C11H20O3. The molecule has 0 aromatic heterocycles. The van der Waals surface area contributed by atoms with E-state index in [1.54, 1.807) is 0 Å². The van der Waals surface area contributed by atoms with Crippen LogP contribution in [-0.2, 0) is 14.3 Å². The third-order valence-electron chi connectivity index (χ3n) is 1.49. The zero-order chi connectivity index (χ0) is 11.1. The summed E-state index contributed by atoms with van der Waals surface area (Å²) in [6.45, 7) is 7.76. The van der Waals surface area contributed by atoms with Crippen molar-refractivity contribution < 1.29 is 14.3 Å². The first kappa shape index (κ1) is 13.0. The van der Waals surface area contributed by atoms with Gasteiger partial charge >= 0.3 is 5.97 Å². The van der Waals surface area contributed by atoms with Crippen LogP contribution in [-0.4, -0.2) is 19.2 Å². The van der Waals surface area contributed by atoms with E-state index in [0.717, 1.165) is 0 Å². The van der Waals surface area contributed by atoms with Crippen molar-refractivity contribution in [1.29, 1.82) is 0 Å². The second kappa shape index (κ2) is 6.46. The number of rotatable bonds is 5. The van der Waals surface area contributed by atoms with Gasteiger partial charge in [0.15, 0.2) is 0 Å². The summed E-state index contributed by atoms with van der Waals surface area (Å²) < 4.78 is 9.92. The summed E-state index contributed by atoms with van der Waals surface area (Å²) in [6.07, 6.45) is 2.05. The molecule has 0 aromatic rings. The summed E-state index contributed by atoms with van der Waals surface area (Å²) in [6, 6.07) is 0. The van der Waals surface area contributed by atoms with Crippen LogP contribution in [0.4, 0.5) is 0 Å². The van der Waals surface area contributed by atoms with E-state index in [4.69, 9.17) is 9.47 Å². The van der Waals surface area contributed by atoms with Gasteiger partial charge in [0.25, 0.3) is 0 Å². The van der Waals surface area contributed by atoms with E-state index in [1.165, 1.54) is 13.4 Å². The first-order valence-corrected chi connectivity index (χ1v) is 4.90. The SMILES string of the molecule is COC=C(CC(C)C)C(=O)OC(C)C. The zero-order valence-corrected chi connectivity index (χ0v) is 9.66. The van der Waals surface area contributed by atoms with E-state index < -0.39 is 0 Å². The van der Waals surface area contributed by atoms with Gasteiger partial charge in [-0.25, -0.2) is 4.79 Å². The Morgan fingerprint density at radius 3 is 2.21 bits per heavy atom. The summed E-state index contributed by atoms with van der Waals surface area (Å²) in [7, 11) is 1.53. The van der Waals surface area contributed by atoms with E-state index in [1.807, 2.05) is 27.7 Å². The fourth-order valence-corrected chi connectivity index (χ4v) is 1.05. The Morgan fingerprint density at radius 2 is 1.86 bits per heavy atom. The highest BCUT2D eigenvalue weighted by molar-refractivity contribution is 5.88. The number of carbonyl (C=O) groups is 1. The molecule has 0 aliphatic rings. The lowest BCUT2D eigenvalue weighted by Gasteiger charge is -2.12. The van der Waals surface area contributed by atoms with E-state index in [2.05, 4.69) is 0 Å². The molecular weight excluding hydrogens is 180 g/mol. The van der Waals surface area contributed by atoms with Crippen LogP contribution in [0.3, 0.4) is 0 Å². The van der Waals surface area contributed by atoms with Crippen LogP contribution in [0.2, 0.25) is 0 Å². The monoisotopic (exact) mass is 200 g/mol. The fraction of sp³-hybridized carbons (Fsp3) is 0.727. The first-order valence-electron chi connectivity index (χ1n) is 4.90. The standard InChI is InChI=1S/C11H20O3/c1-8(2)6-10(7-13-5)11(12)14-9(3)4/h7-9H,6H2,1-5H3. The topological polar surface area (TPSA) is 35.5 Å². The van der Waals surface area contributed by atoms with Gasteiger partial charge in [0, 0.05) is 0 Å². The van der Waals surface area contributed by atoms with Crippen molar-refractivity contribution in [2.24, 2.45) is 5.92 Å². The molecule has 0 spiro atoms. The molecule has 0 saturated heterocycles. The minimum atomic E-state index is -0.282. The quantitative estimate of drug-likeness (QED) is 0.388. The molecule has 0 aliphatic carbocycles.